The normalized spacial score (nSPS) is 20.1. The Morgan fingerprint density at radius 1 is 1.06 bits per heavy atom. The van der Waals surface area contributed by atoms with Crippen LogP contribution in [0.5, 0.6) is 5.75 Å². The molecule has 1 unspecified atom stereocenters. The molecule has 2 aliphatic carbocycles. The number of nitrogens with one attached hydrogen (secondary N) is 1. The predicted molar refractivity (Wildman–Crippen MR) is 184 cm³/mol. The van der Waals surface area contributed by atoms with E-state index in [9.17, 15) is 31.6 Å². The van der Waals surface area contributed by atoms with Crippen molar-refractivity contribution in [3.8, 4) is 16.9 Å². The standard InChI is InChI=1S/C33H32F2IN2O7PS/c1-18-13-28(44-3)27(16-26(18)21-9-7-20(8-10-21)17-45-19(2)39)32(41)38(36)30-23-12-11-22(14-23)29(30)31(40)37-24-5-4-6-25(15-24)47(42,43)33(34,35)46/h4-13,15-16,22-23,29-30H,14,17,46H2,1-3H3,(H,37,40)/t22-,23+,29+,30-/m1/s1. The Morgan fingerprint density at radius 3 is 2.38 bits per heavy atom. The molecule has 9 nitrogen and oxygen atoms in total. The number of anilines is 1. The molecule has 0 saturated heterocycles. The summed E-state index contributed by atoms with van der Waals surface area (Å²) in [6.45, 7) is 3.40. The number of fused-ring (bicyclic) bond motifs is 2. The van der Waals surface area contributed by atoms with Crippen LogP contribution in [0.25, 0.3) is 11.1 Å². The van der Waals surface area contributed by atoms with E-state index >= 15 is 0 Å². The smallest absolute Gasteiger partial charge is 0.359 e. The minimum Gasteiger partial charge on any atom is -0.496 e. The van der Waals surface area contributed by atoms with Crippen LogP contribution in [0.4, 0.5) is 14.5 Å². The predicted octanol–water partition coefficient (Wildman–Crippen LogP) is 6.55. The Hall–Kier alpha value is -3.42. The van der Waals surface area contributed by atoms with Crippen LogP contribution in [-0.4, -0.2) is 47.5 Å². The zero-order valence-corrected chi connectivity index (χ0v) is 29.7. The number of benzene rings is 3. The Morgan fingerprint density at radius 2 is 1.74 bits per heavy atom. The number of methoxy groups -OCH3 is 1. The summed E-state index contributed by atoms with van der Waals surface area (Å²) in [6.07, 6.45) is 4.56. The number of hydrogen-bond donors (Lipinski definition) is 1. The number of esters is 1. The number of rotatable bonds is 10. The van der Waals surface area contributed by atoms with Gasteiger partial charge in [-0.2, -0.15) is 8.78 Å². The van der Waals surface area contributed by atoms with Crippen LogP contribution in [-0.2, 0) is 30.8 Å². The fraction of sp³-hybridized carbons (Fsp3) is 0.303. The zero-order chi connectivity index (χ0) is 34.3. The number of hydrogen-bond acceptors (Lipinski definition) is 7. The van der Waals surface area contributed by atoms with Crippen LogP contribution in [0.3, 0.4) is 0 Å². The Kier molecular flexibility index (Phi) is 10.1. The SMILES string of the molecule is COc1cc(C)c(-c2ccc(COC(C)=O)cc2)cc1C(=O)N(I)[C@H]1[C@@H](C(=O)Nc2cccc(S(=O)(=O)C(F)(F)P)c2)[C@@H]2C=C[C@H]1C2. The molecular formula is C33H32F2IN2O7PS. The molecule has 3 aromatic rings. The van der Waals surface area contributed by atoms with Gasteiger partial charge in [-0.1, -0.05) is 42.5 Å². The Labute approximate surface area is 287 Å². The summed E-state index contributed by atoms with van der Waals surface area (Å²) >= 11 is 1.93. The Balaban J connectivity index is 1.41. The van der Waals surface area contributed by atoms with Gasteiger partial charge in [0.1, 0.15) is 12.4 Å². The maximum atomic E-state index is 14.2. The molecule has 3 aromatic carbocycles. The van der Waals surface area contributed by atoms with Crippen molar-refractivity contribution >= 4 is 65.4 Å². The van der Waals surface area contributed by atoms with Gasteiger partial charge < -0.3 is 14.8 Å². The summed E-state index contributed by atoms with van der Waals surface area (Å²) in [7, 11) is -2.49. The molecule has 2 bridgehead atoms. The first-order valence-corrected chi connectivity index (χ1v) is 17.6. The van der Waals surface area contributed by atoms with Gasteiger partial charge in [-0.15, -0.1) is 0 Å². The highest BCUT2D eigenvalue weighted by Gasteiger charge is 2.52. The molecule has 5 rings (SSSR count). The molecule has 0 aliphatic heterocycles. The van der Waals surface area contributed by atoms with E-state index in [0.717, 1.165) is 43.6 Å². The van der Waals surface area contributed by atoms with E-state index in [1.165, 1.54) is 29.3 Å². The third-order valence-electron chi connectivity index (χ3n) is 8.43. The van der Waals surface area contributed by atoms with Gasteiger partial charge in [-0.3, -0.25) is 17.5 Å². The summed E-state index contributed by atoms with van der Waals surface area (Å²) in [5.74, 6) is -1.81. The number of alkyl halides is 2. The summed E-state index contributed by atoms with van der Waals surface area (Å²) in [6, 6.07) is 15.2. The number of amides is 2. The fourth-order valence-corrected chi connectivity index (χ4v) is 8.40. The second kappa shape index (κ2) is 13.6. The second-order valence-corrected chi connectivity index (χ2v) is 15.7. The van der Waals surface area contributed by atoms with E-state index in [4.69, 9.17) is 9.47 Å². The molecule has 0 radical (unpaired) electrons. The van der Waals surface area contributed by atoms with Crippen molar-refractivity contribution in [1.82, 2.24) is 3.11 Å². The number of carbonyl (C=O) groups is 3. The maximum absolute atomic E-state index is 14.2. The quantitative estimate of drug-likeness (QED) is 0.0813. The van der Waals surface area contributed by atoms with Crippen molar-refractivity contribution in [1.29, 1.82) is 0 Å². The maximum Gasteiger partial charge on any atom is 0.359 e. The van der Waals surface area contributed by atoms with E-state index in [-0.39, 0.29) is 36.0 Å². The van der Waals surface area contributed by atoms with Gasteiger partial charge in [-0.25, -0.2) is 8.42 Å². The van der Waals surface area contributed by atoms with Crippen LogP contribution in [0, 0.1) is 24.7 Å². The van der Waals surface area contributed by atoms with Gasteiger partial charge in [0.25, 0.3) is 5.91 Å². The van der Waals surface area contributed by atoms with Crippen LogP contribution >= 0.6 is 32.1 Å². The molecule has 47 heavy (non-hydrogen) atoms. The second-order valence-electron chi connectivity index (χ2n) is 11.5. The molecule has 1 N–H and O–H groups in total. The van der Waals surface area contributed by atoms with Crippen LogP contribution in [0.2, 0.25) is 0 Å². The van der Waals surface area contributed by atoms with Gasteiger partial charge in [0.15, 0.2) is 0 Å². The van der Waals surface area contributed by atoms with E-state index in [2.05, 4.69) is 5.32 Å². The summed E-state index contributed by atoms with van der Waals surface area (Å²) in [5.41, 5.74) is 3.67. The average molecular weight is 797 g/mol. The highest BCUT2D eigenvalue weighted by molar-refractivity contribution is 14.1. The van der Waals surface area contributed by atoms with Gasteiger partial charge in [0, 0.05) is 12.6 Å². The number of aryl methyl sites for hydroxylation is 1. The summed E-state index contributed by atoms with van der Waals surface area (Å²) in [4.78, 5) is 34.3. The minimum absolute atomic E-state index is 0.0471. The molecule has 0 heterocycles. The first-order chi connectivity index (χ1) is 22.1. The first kappa shape index (κ1) is 34.9. The van der Waals surface area contributed by atoms with Crippen molar-refractivity contribution in [2.45, 2.75) is 42.8 Å². The van der Waals surface area contributed by atoms with Crippen molar-refractivity contribution in [3.05, 3.63) is 89.5 Å². The topological polar surface area (TPSA) is 119 Å². The lowest BCUT2D eigenvalue weighted by Crippen LogP contribution is -2.45. The molecule has 0 spiro atoms. The molecule has 1 fully saturated rings. The van der Waals surface area contributed by atoms with E-state index < -0.39 is 37.6 Å². The van der Waals surface area contributed by atoms with E-state index in [0.29, 0.717) is 17.7 Å². The lowest BCUT2D eigenvalue weighted by molar-refractivity contribution is -0.142. The fourth-order valence-electron chi connectivity index (χ4n) is 6.12. The lowest BCUT2D eigenvalue weighted by Gasteiger charge is -2.33. The third kappa shape index (κ3) is 7.07. The Bertz CT molecular complexity index is 1870. The van der Waals surface area contributed by atoms with E-state index in [1.807, 2.05) is 66.2 Å². The number of ether oxygens (including phenoxy) is 2. The molecule has 14 heteroatoms. The molecule has 1 saturated carbocycles. The molecule has 2 amide bonds. The monoisotopic (exact) mass is 796 g/mol. The van der Waals surface area contributed by atoms with Crippen molar-refractivity contribution in [3.63, 3.8) is 0 Å². The minimum atomic E-state index is -4.99. The third-order valence-corrected chi connectivity index (χ3v) is 12.0. The molecule has 5 atom stereocenters. The summed E-state index contributed by atoms with van der Waals surface area (Å²) < 4.78 is 64.3. The average Bonchev–Trinajstić information content (AvgIpc) is 3.65. The molecular weight excluding hydrogens is 764 g/mol. The van der Waals surface area contributed by atoms with Gasteiger partial charge in [-0.05, 0) is 87.0 Å². The number of nitrogens with zero attached hydrogens (tertiary/aromatic N) is 1. The molecule has 2 aliphatic rings. The van der Waals surface area contributed by atoms with Crippen LogP contribution < -0.4 is 10.1 Å². The highest BCUT2D eigenvalue weighted by Crippen LogP contribution is 2.48. The van der Waals surface area contributed by atoms with Gasteiger partial charge in [0.05, 0.1) is 52.4 Å². The van der Waals surface area contributed by atoms with Gasteiger partial charge in [0.2, 0.25) is 15.7 Å². The zero-order valence-electron chi connectivity index (χ0n) is 25.6. The van der Waals surface area contributed by atoms with Crippen molar-refractivity contribution in [2.24, 2.45) is 17.8 Å². The highest BCUT2D eigenvalue weighted by atomic mass is 127. The van der Waals surface area contributed by atoms with Gasteiger partial charge >= 0.3 is 11.0 Å². The van der Waals surface area contributed by atoms with Crippen molar-refractivity contribution in [2.75, 3.05) is 12.4 Å². The molecule has 0 aromatic heterocycles. The first-order valence-electron chi connectivity index (χ1n) is 14.5. The largest absolute Gasteiger partial charge is 0.496 e. The summed E-state index contributed by atoms with van der Waals surface area (Å²) in [5, 5.41) is 2.69. The number of allylic oxidation sites excluding steroid dienone is 1. The number of sulfone groups is 1. The molecule has 248 valence electrons. The number of halogens is 3. The van der Waals surface area contributed by atoms with Crippen molar-refractivity contribution < 1.29 is 41.1 Å². The van der Waals surface area contributed by atoms with Crippen LogP contribution in [0.1, 0.15) is 34.8 Å². The lowest BCUT2D eigenvalue weighted by atomic mass is 9.87. The number of carbonyl (C=O) groups excluding carboxylic acids is 3. The van der Waals surface area contributed by atoms with Crippen LogP contribution in [0.15, 0.2) is 77.7 Å². The van der Waals surface area contributed by atoms with E-state index in [1.54, 1.807) is 12.1 Å².